The van der Waals surface area contributed by atoms with Gasteiger partial charge in [0.15, 0.2) is 0 Å². The van der Waals surface area contributed by atoms with Gasteiger partial charge in [0.05, 0.1) is 6.54 Å². The summed E-state index contributed by atoms with van der Waals surface area (Å²) in [6.07, 6.45) is -2.48. The van der Waals surface area contributed by atoms with Crippen molar-refractivity contribution in [3.8, 4) is 0 Å². The van der Waals surface area contributed by atoms with E-state index in [1.165, 1.54) is 4.90 Å². The van der Waals surface area contributed by atoms with E-state index in [0.717, 1.165) is 29.5 Å². The van der Waals surface area contributed by atoms with Gasteiger partial charge in [-0.3, -0.25) is 4.90 Å². The molecule has 0 heterocycles. The molecule has 1 unspecified atom stereocenters. The fourth-order valence-corrected chi connectivity index (χ4v) is 2.37. The lowest BCUT2D eigenvalue weighted by Crippen LogP contribution is -2.40. The Kier molecular flexibility index (Phi) is 4.39. The summed E-state index contributed by atoms with van der Waals surface area (Å²) in [4.78, 5) is 1.47. The van der Waals surface area contributed by atoms with Crippen LogP contribution in [0.25, 0.3) is 0 Å². The Morgan fingerprint density at radius 3 is 2.40 bits per heavy atom. The molecule has 20 heavy (non-hydrogen) atoms. The molecule has 1 aromatic rings. The minimum Gasteiger partial charge on any atom is -0.323 e. The summed E-state index contributed by atoms with van der Waals surface area (Å²) >= 11 is 0. The zero-order valence-electron chi connectivity index (χ0n) is 11.9. The van der Waals surface area contributed by atoms with Gasteiger partial charge in [0, 0.05) is 18.6 Å². The predicted octanol–water partition coefficient (Wildman–Crippen LogP) is 3.33. The van der Waals surface area contributed by atoms with E-state index in [1.54, 1.807) is 0 Å². The van der Waals surface area contributed by atoms with Gasteiger partial charge in [0.1, 0.15) is 0 Å². The number of nitrogens with two attached hydrogens (primary N) is 1. The van der Waals surface area contributed by atoms with Gasteiger partial charge in [-0.1, -0.05) is 18.2 Å². The molecule has 0 saturated heterocycles. The summed E-state index contributed by atoms with van der Waals surface area (Å²) in [5.74, 6) is 0. The Balaban J connectivity index is 2.04. The van der Waals surface area contributed by atoms with E-state index in [-0.39, 0.29) is 18.6 Å². The molecule has 1 fully saturated rings. The van der Waals surface area contributed by atoms with Crippen molar-refractivity contribution in [1.82, 2.24) is 4.90 Å². The molecule has 0 spiro atoms. The summed E-state index contributed by atoms with van der Waals surface area (Å²) in [6, 6.07) is 5.52. The van der Waals surface area contributed by atoms with Gasteiger partial charge in [0.2, 0.25) is 0 Å². The van der Waals surface area contributed by atoms with Gasteiger partial charge in [-0.15, -0.1) is 0 Å². The molecule has 1 aliphatic rings. The topological polar surface area (TPSA) is 29.3 Å². The number of nitrogens with zero attached hydrogens (tertiary/aromatic N) is 1. The summed E-state index contributed by atoms with van der Waals surface area (Å²) in [6.45, 7) is 3.38. The second-order valence-corrected chi connectivity index (χ2v) is 5.73. The number of aryl methyl sites for hydroxylation is 2. The fourth-order valence-electron chi connectivity index (χ4n) is 2.37. The van der Waals surface area contributed by atoms with Crippen molar-refractivity contribution in [3.05, 3.63) is 34.9 Å². The lowest BCUT2D eigenvalue weighted by molar-refractivity contribution is -0.147. The highest BCUT2D eigenvalue weighted by Gasteiger charge is 2.38. The molecule has 0 aromatic heterocycles. The third-order valence-electron chi connectivity index (χ3n) is 3.84. The second-order valence-electron chi connectivity index (χ2n) is 5.73. The molecule has 0 bridgehead atoms. The zero-order chi connectivity index (χ0) is 14.9. The first-order valence-corrected chi connectivity index (χ1v) is 6.90. The first-order chi connectivity index (χ1) is 9.26. The Morgan fingerprint density at radius 1 is 1.25 bits per heavy atom. The number of benzene rings is 1. The van der Waals surface area contributed by atoms with Crippen LogP contribution in [-0.4, -0.2) is 30.2 Å². The maximum atomic E-state index is 12.6. The predicted molar refractivity (Wildman–Crippen MR) is 73.5 cm³/mol. The third kappa shape index (κ3) is 4.21. The van der Waals surface area contributed by atoms with Crippen molar-refractivity contribution in [3.63, 3.8) is 0 Å². The van der Waals surface area contributed by atoms with Crippen LogP contribution in [0.15, 0.2) is 18.2 Å². The fraction of sp³-hybridized carbons (Fsp3) is 0.600. The molecule has 5 heteroatoms. The summed E-state index contributed by atoms with van der Waals surface area (Å²) < 4.78 is 37.7. The van der Waals surface area contributed by atoms with Crippen LogP contribution in [-0.2, 0) is 0 Å². The maximum absolute atomic E-state index is 12.6. The molecule has 0 amide bonds. The SMILES string of the molecule is Cc1ccc(C(N)CN(CC(F)(F)F)C2CC2)cc1C. The quantitative estimate of drug-likeness (QED) is 0.899. The van der Waals surface area contributed by atoms with Gasteiger partial charge in [-0.2, -0.15) is 13.2 Å². The van der Waals surface area contributed by atoms with Gasteiger partial charge < -0.3 is 5.73 Å². The van der Waals surface area contributed by atoms with Crippen molar-refractivity contribution in [2.75, 3.05) is 13.1 Å². The second kappa shape index (κ2) is 5.74. The van der Waals surface area contributed by atoms with Gasteiger partial charge in [-0.05, 0) is 43.4 Å². The minimum absolute atomic E-state index is 0.0502. The number of hydrogen-bond donors (Lipinski definition) is 1. The standard InChI is InChI=1S/C15H21F3N2/c1-10-3-4-12(7-11(10)2)14(19)8-20(13-5-6-13)9-15(16,17)18/h3-4,7,13-14H,5-6,8-9,19H2,1-2H3. The number of alkyl halides is 3. The highest BCUT2D eigenvalue weighted by Crippen LogP contribution is 2.31. The van der Waals surface area contributed by atoms with Crippen molar-refractivity contribution in [2.45, 2.75) is 44.9 Å². The molecule has 2 N–H and O–H groups in total. The molecule has 112 valence electrons. The first kappa shape index (κ1) is 15.3. The summed E-state index contributed by atoms with van der Waals surface area (Å²) in [7, 11) is 0. The molecule has 1 aromatic carbocycles. The normalized spacial score (nSPS) is 17.6. The average Bonchev–Trinajstić information content (AvgIpc) is 3.14. The summed E-state index contributed by atoms with van der Waals surface area (Å²) in [5, 5.41) is 0. The molecule has 2 nitrogen and oxygen atoms in total. The number of halogens is 3. The van der Waals surface area contributed by atoms with Gasteiger partial charge >= 0.3 is 6.18 Å². The van der Waals surface area contributed by atoms with Crippen LogP contribution in [0.1, 0.15) is 35.6 Å². The van der Waals surface area contributed by atoms with Crippen LogP contribution in [0.2, 0.25) is 0 Å². The molecule has 0 aliphatic heterocycles. The van der Waals surface area contributed by atoms with Crippen LogP contribution >= 0.6 is 0 Å². The third-order valence-corrected chi connectivity index (χ3v) is 3.84. The van der Waals surface area contributed by atoms with E-state index in [1.807, 2.05) is 32.0 Å². The average molecular weight is 286 g/mol. The van der Waals surface area contributed by atoms with E-state index in [9.17, 15) is 13.2 Å². The van der Waals surface area contributed by atoms with Crippen LogP contribution in [0.3, 0.4) is 0 Å². The molecule has 1 aliphatic carbocycles. The summed E-state index contributed by atoms with van der Waals surface area (Å²) in [5.41, 5.74) is 9.27. The Bertz CT molecular complexity index is 467. The number of hydrogen-bond acceptors (Lipinski definition) is 2. The molecule has 1 saturated carbocycles. The Morgan fingerprint density at radius 2 is 1.90 bits per heavy atom. The van der Waals surface area contributed by atoms with Crippen molar-refractivity contribution < 1.29 is 13.2 Å². The molecular formula is C15H21F3N2. The van der Waals surface area contributed by atoms with Crippen molar-refractivity contribution in [2.24, 2.45) is 5.73 Å². The Labute approximate surface area is 117 Å². The number of rotatable bonds is 5. The zero-order valence-corrected chi connectivity index (χ0v) is 11.9. The smallest absolute Gasteiger partial charge is 0.323 e. The van der Waals surface area contributed by atoms with Crippen LogP contribution in [0, 0.1) is 13.8 Å². The minimum atomic E-state index is -4.16. The van der Waals surface area contributed by atoms with E-state index < -0.39 is 12.7 Å². The molecule has 1 atom stereocenters. The lowest BCUT2D eigenvalue weighted by atomic mass is 10.0. The molecule has 2 rings (SSSR count). The van der Waals surface area contributed by atoms with Crippen LogP contribution in [0.4, 0.5) is 13.2 Å². The van der Waals surface area contributed by atoms with Crippen LogP contribution in [0.5, 0.6) is 0 Å². The van der Waals surface area contributed by atoms with Crippen molar-refractivity contribution in [1.29, 1.82) is 0 Å². The van der Waals surface area contributed by atoms with E-state index in [4.69, 9.17) is 5.73 Å². The lowest BCUT2D eigenvalue weighted by Gasteiger charge is -2.26. The highest BCUT2D eigenvalue weighted by molar-refractivity contribution is 5.31. The van der Waals surface area contributed by atoms with Crippen molar-refractivity contribution >= 4 is 0 Å². The Hall–Kier alpha value is -1.07. The molecule has 0 radical (unpaired) electrons. The van der Waals surface area contributed by atoms with E-state index in [2.05, 4.69) is 0 Å². The maximum Gasteiger partial charge on any atom is 0.401 e. The monoisotopic (exact) mass is 286 g/mol. The van der Waals surface area contributed by atoms with E-state index in [0.29, 0.717) is 0 Å². The first-order valence-electron chi connectivity index (χ1n) is 6.90. The van der Waals surface area contributed by atoms with Gasteiger partial charge in [0.25, 0.3) is 0 Å². The van der Waals surface area contributed by atoms with Crippen LogP contribution < -0.4 is 5.73 Å². The van der Waals surface area contributed by atoms with Gasteiger partial charge in [-0.25, -0.2) is 0 Å². The van der Waals surface area contributed by atoms with E-state index >= 15 is 0 Å². The molecular weight excluding hydrogens is 265 g/mol. The largest absolute Gasteiger partial charge is 0.401 e. The highest BCUT2D eigenvalue weighted by atomic mass is 19.4.